The number of hydrogen-bond acceptors (Lipinski definition) is 3. The minimum atomic E-state index is 0.424. The highest BCUT2D eigenvalue weighted by Gasteiger charge is 2.04. The van der Waals surface area contributed by atoms with Crippen molar-refractivity contribution in [2.24, 2.45) is 5.16 Å². The highest BCUT2D eigenvalue weighted by molar-refractivity contribution is 9.10. The van der Waals surface area contributed by atoms with Gasteiger partial charge in [0.15, 0.2) is 0 Å². The molecule has 5 heteroatoms. The largest absolute Gasteiger partial charge is 0.488 e. The third kappa shape index (κ3) is 3.98. The zero-order valence-corrected chi connectivity index (χ0v) is 12.2. The van der Waals surface area contributed by atoms with Crippen molar-refractivity contribution in [2.45, 2.75) is 6.61 Å². The van der Waals surface area contributed by atoms with Gasteiger partial charge in [-0.1, -0.05) is 44.8 Å². The van der Waals surface area contributed by atoms with Crippen molar-refractivity contribution >= 4 is 33.7 Å². The summed E-state index contributed by atoms with van der Waals surface area (Å²) in [5, 5.41) is 12.2. The average Bonchev–Trinajstić information content (AvgIpc) is 2.38. The van der Waals surface area contributed by atoms with E-state index in [2.05, 4.69) is 21.1 Å². The van der Waals surface area contributed by atoms with E-state index in [1.54, 1.807) is 18.2 Å². The Balaban J connectivity index is 2.15. The number of rotatable bonds is 4. The topological polar surface area (TPSA) is 41.8 Å². The van der Waals surface area contributed by atoms with Crippen molar-refractivity contribution in [1.82, 2.24) is 0 Å². The third-order valence-electron chi connectivity index (χ3n) is 2.45. The second kappa shape index (κ2) is 6.59. The van der Waals surface area contributed by atoms with Gasteiger partial charge in [-0.3, -0.25) is 0 Å². The Morgan fingerprint density at radius 3 is 2.84 bits per heavy atom. The molecule has 0 atom stereocenters. The van der Waals surface area contributed by atoms with Crippen LogP contribution < -0.4 is 4.74 Å². The monoisotopic (exact) mass is 339 g/mol. The lowest BCUT2D eigenvalue weighted by atomic mass is 10.2. The molecule has 0 aliphatic rings. The Morgan fingerprint density at radius 2 is 2.11 bits per heavy atom. The number of halogens is 2. The quantitative estimate of drug-likeness (QED) is 0.506. The van der Waals surface area contributed by atoms with Gasteiger partial charge in [-0.15, -0.1) is 0 Å². The van der Waals surface area contributed by atoms with Crippen LogP contribution in [0, 0.1) is 0 Å². The summed E-state index contributed by atoms with van der Waals surface area (Å²) in [7, 11) is 0. The number of ether oxygens (including phenoxy) is 1. The van der Waals surface area contributed by atoms with Gasteiger partial charge in [-0.05, 0) is 35.9 Å². The first kappa shape index (κ1) is 13.9. The fraction of sp³-hybridized carbons (Fsp3) is 0.0714. The summed E-state index contributed by atoms with van der Waals surface area (Å²) < 4.78 is 6.71. The van der Waals surface area contributed by atoms with E-state index >= 15 is 0 Å². The van der Waals surface area contributed by atoms with Gasteiger partial charge >= 0.3 is 0 Å². The van der Waals surface area contributed by atoms with Crippen LogP contribution in [0.15, 0.2) is 52.1 Å². The lowest BCUT2D eigenvalue weighted by Gasteiger charge is -2.09. The van der Waals surface area contributed by atoms with E-state index in [1.807, 2.05) is 24.3 Å². The Bertz CT molecular complexity index is 602. The highest BCUT2D eigenvalue weighted by Crippen LogP contribution is 2.23. The van der Waals surface area contributed by atoms with Gasteiger partial charge in [0.1, 0.15) is 12.4 Å². The molecule has 2 aromatic carbocycles. The van der Waals surface area contributed by atoms with E-state index in [1.165, 1.54) is 6.21 Å². The van der Waals surface area contributed by atoms with Gasteiger partial charge in [-0.2, -0.15) is 0 Å². The van der Waals surface area contributed by atoms with Crippen LogP contribution in [0.5, 0.6) is 5.75 Å². The van der Waals surface area contributed by atoms with Crippen LogP contribution in [0.1, 0.15) is 11.1 Å². The van der Waals surface area contributed by atoms with Gasteiger partial charge in [0.05, 0.1) is 6.21 Å². The molecule has 0 radical (unpaired) electrons. The van der Waals surface area contributed by atoms with Crippen LogP contribution in [0.2, 0.25) is 5.02 Å². The van der Waals surface area contributed by atoms with Gasteiger partial charge in [-0.25, -0.2) is 0 Å². The van der Waals surface area contributed by atoms with Gasteiger partial charge in [0, 0.05) is 15.1 Å². The van der Waals surface area contributed by atoms with Crippen molar-refractivity contribution < 1.29 is 9.94 Å². The van der Waals surface area contributed by atoms with E-state index < -0.39 is 0 Å². The van der Waals surface area contributed by atoms with Gasteiger partial charge < -0.3 is 9.94 Å². The van der Waals surface area contributed by atoms with Gasteiger partial charge in [0.2, 0.25) is 0 Å². The highest BCUT2D eigenvalue weighted by atomic mass is 79.9. The summed E-state index contributed by atoms with van der Waals surface area (Å²) in [5.74, 6) is 0.613. The molecule has 3 nitrogen and oxygen atoms in total. The molecule has 0 aromatic heterocycles. The van der Waals surface area contributed by atoms with E-state index in [0.29, 0.717) is 22.9 Å². The third-order valence-corrected chi connectivity index (χ3v) is 3.18. The molecule has 1 N–H and O–H groups in total. The standard InChI is InChI=1S/C14H11BrClNO2/c15-12-3-1-2-10(6-12)9-19-14-5-4-13(16)7-11(14)8-17-18/h1-8,18H,9H2/b17-8+. The zero-order valence-electron chi connectivity index (χ0n) is 9.88. The van der Waals surface area contributed by atoms with Crippen LogP contribution in [-0.2, 0) is 6.61 Å². The lowest BCUT2D eigenvalue weighted by molar-refractivity contribution is 0.304. The smallest absolute Gasteiger partial charge is 0.128 e. The van der Waals surface area contributed by atoms with Gasteiger partial charge in [0.25, 0.3) is 0 Å². The summed E-state index contributed by atoms with van der Waals surface area (Å²) in [6, 6.07) is 13.0. The van der Waals surface area contributed by atoms with Crippen LogP contribution in [-0.4, -0.2) is 11.4 Å². The van der Waals surface area contributed by atoms with E-state index in [4.69, 9.17) is 21.5 Å². The molecular formula is C14H11BrClNO2. The molecule has 0 fully saturated rings. The van der Waals surface area contributed by atoms with E-state index in [0.717, 1.165) is 10.0 Å². The molecule has 19 heavy (non-hydrogen) atoms. The van der Waals surface area contributed by atoms with E-state index in [9.17, 15) is 0 Å². The molecule has 0 unspecified atom stereocenters. The number of nitrogens with zero attached hydrogens (tertiary/aromatic N) is 1. The first-order valence-electron chi connectivity index (χ1n) is 5.53. The second-order valence-corrected chi connectivity index (χ2v) is 5.20. The zero-order chi connectivity index (χ0) is 13.7. The average molecular weight is 341 g/mol. The Hall–Kier alpha value is -1.52. The van der Waals surface area contributed by atoms with Crippen LogP contribution in [0.4, 0.5) is 0 Å². The van der Waals surface area contributed by atoms with Crippen LogP contribution in [0.25, 0.3) is 0 Å². The molecule has 98 valence electrons. The SMILES string of the molecule is O/N=C/c1cc(Cl)ccc1OCc1cccc(Br)c1. The van der Waals surface area contributed by atoms with Crippen LogP contribution in [0.3, 0.4) is 0 Å². The molecule has 0 aliphatic heterocycles. The molecule has 0 bridgehead atoms. The summed E-state index contributed by atoms with van der Waals surface area (Å²) in [5.41, 5.74) is 1.67. The normalized spacial score (nSPS) is 10.8. The summed E-state index contributed by atoms with van der Waals surface area (Å²) in [6.07, 6.45) is 1.29. The predicted molar refractivity (Wildman–Crippen MR) is 79.3 cm³/mol. The molecule has 0 amide bonds. The summed E-state index contributed by atoms with van der Waals surface area (Å²) in [6.45, 7) is 0.424. The molecule has 0 spiro atoms. The van der Waals surface area contributed by atoms with Crippen molar-refractivity contribution in [2.75, 3.05) is 0 Å². The minimum absolute atomic E-state index is 0.424. The lowest BCUT2D eigenvalue weighted by Crippen LogP contribution is -1.98. The predicted octanol–water partition coefficient (Wildman–Crippen LogP) is 4.49. The number of hydrogen-bond donors (Lipinski definition) is 1. The molecule has 2 aromatic rings. The molecular weight excluding hydrogens is 330 g/mol. The second-order valence-electron chi connectivity index (χ2n) is 3.85. The maximum atomic E-state index is 8.62. The Morgan fingerprint density at radius 1 is 1.26 bits per heavy atom. The first-order valence-corrected chi connectivity index (χ1v) is 6.70. The first-order chi connectivity index (χ1) is 9.19. The maximum Gasteiger partial charge on any atom is 0.128 e. The molecule has 0 heterocycles. The number of benzene rings is 2. The Kier molecular flexibility index (Phi) is 4.82. The Labute approximate surface area is 124 Å². The van der Waals surface area contributed by atoms with Crippen molar-refractivity contribution in [3.05, 3.63) is 63.1 Å². The minimum Gasteiger partial charge on any atom is -0.488 e. The van der Waals surface area contributed by atoms with Crippen molar-refractivity contribution in [3.63, 3.8) is 0 Å². The molecule has 0 saturated carbocycles. The van der Waals surface area contributed by atoms with Crippen LogP contribution >= 0.6 is 27.5 Å². The van der Waals surface area contributed by atoms with Crippen molar-refractivity contribution in [3.8, 4) is 5.75 Å². The molecule has 0 aliphatic carbocycles. The van der Waals surface area contributed by atoms with E-state index in [-0.39, 0.29) is 0 Å². The molecule has 2 rings (SSSR count). The maximum absolute atomic E-state index is 8.62. The summed E-state index contributed by atoms with van der Waals surface area (Å²) in [4.78, 5) is 0. The number of oxime groups is 1. The fourth-order valence-corrected chi connectivity index (χ4v) is 2.23. The van der Waals surface area contributed by atoms with Crippen molar-refractivity contribution in [1.29, 1.82) is 0 Å². The summed E-state index contributed by atoms with van der Waals surface area (Å²) >= 11 is 9.30. The fourth-order valence-electron chi connectivity index (χ4n) is 1.60. The molecule has 0 saturated heterocycles.